The first-order valence-corrected chi connectivity index (χ1v) is 8.93. The summed E-state index contributed by atoms with van der Waals surface area (Å²) in [6, 6.07) is 10.6. The highest BCUT2D eigenvalue weighted by atomic mass is 32.1. The van der Waals surface area contributed by atoms with Crippen molar-refractivity contribution in [2.45, 2.75) is 57.9 Å². The molecule has 2 nitrogen and oxygen atoms in total. The number of nitrogens with zero attached hydrogens (tertiary/aromatic N) is 1. The molecule has 1 atom stereocenters. The summed E-state index contributed by atoms with van der Waals surface area (Å²) in [7, 11) is 0. The van der Waals surface area contributed by atoms with Gasteiger partial charge in [0.2, 0.25) is 0 Å². The van der Waals surface area contributed by atoms with Crippen LogP contribution in [0.4, 0.5) is 0 Å². The van der Waals surface area contributed by atoms with Crippen molar-refractivity contribution in [3.8, 4) is 11.3 Å². The Morgan fingerprint density at radius 3 is 2.62 bits per heavy atom. The monoisotopic (exact) mass is 302 g/mol. The fourth-order valence-electron chi connectivity index (χ4n) is 2.48. The first-order valence-electron chi connectivity index (χ1n) is 8.05. The molecule has 0 aliphatic rings. The van der Waals surface area contributed by atoms with E-state index in [2.05, 4.69) is 36.6 Å². The van der Waals surface area contributed by atoms with Crippen LogP contribution in [0.5, 0.6) is 0 Å². The normalized spacial score (nSPS) is 12.5. The number of hydrogen-bond acceptors (Lipinski definition) is 3. The Bertz CT molecular complexity index is 507. The van der Waals surface area contributed by atoms with Crippen LogP contribution in [0.1, 0.15) is 50.5 Å². The van der Waals surface area contributed by atoms with E-state index >= 15 is 0 Å². The van der Waals surface area contributed by atoms with Crippen molar-refractivity contribution in [1.29, 1.82) is 0 Å². The van der Waals surface area contributed by atoms with E-state index in [4.69, 9.17) is 10.7 Å². The van der Waals surface area contributed by atoms with E-state index in [1.807, 2.05) is 6.07 Å². The van der Waals surface area contributed by atoms with Gasteiger partial charge in [-0.2, -0.15) is 0 Å². The molecule has 2 N–H and O–H groups in total. The van der Waals surface area contributed by atoms with Crippen molar-refractivity contribution in [2.75, 3.05) is 0 Å². The number of benzene rings is 1. The Morgan fingerprint density at radius 1 is 1.10 bits per heavy atom. The molecule has 114 valence electrons. The number of aromatic nitrogens is 1. The van der Waals surface area contributed by atoms with Gasteiger partial charge in [0.05, 0.1) is 10.7 Å². The minimum atomic E-state index is 0.251. The highest BCUT2D eigenvalue weighted by Crippen LogP contribution is 2.22. The Balaban J connectivity index is 1.77. The van der Waals surface area contributed by atoms with Gasteiger partial charge in [0.1, 0.15) is 0 Å². The highest BCUT2D eigenvalue weighted by molar-refractivity contribution is 7.09. The molecule has 1 unspecified atom stereocenters. The molecule has 21 heavy (non-hydrogen) atoms. The average molecular weight is 302 g/mol. The summed E-state index contributed by atoms with van der Waals surface area (Å²) in [5, 5.41) is 3.30. The minimum absolute atomic E-state index is 0.251. The first-order chi connectivity index (χ1) is 10.3. The lowest BCUT2D eigenvalue weighted by molar-refractivity contribution is 0.537. The van der Waals surface area contributed by atoms with Crippen LogP contribution in [0.15, 0.2) is 35.7 Å². The fourth-order valence-corrected chi connectivity index (χ4v) is 3.38. The number of unbranched alkanes of at least 4 members (excludes halogenated alkanes) is 4. The van der Waals surface area contributed by atoms with Crippen molar-refractivity contribution < 1.29 is 0 Å². The number of nitrogens with two attached hydrogens (primary N) is 1. The maximum absolute atomic E-state index is 6.24. The molecule has 0 saturated carbocycles. The average Bonchev–Trinajstić information content (AvgIpc) is 2.96. The molecule has 0 aliphatic carbocycles. The molecule has 3 heteroatoms. The van der Waals surface area contributed by atoms with E-state index < -0.39 is 0 Å². The van der Waals surface area contributed by atoms with Gasteiger partial charge in [0, 0.05) is 23.4 Å². The summed E-state index contributed by atoms with van der Waals surface area (Å²) in [4.78, 5) is 4.72. The number of thiazole rings is 1. The predicted molar refractivity (Wildman–Crippen MR) is 92.6 cm³/mol. The molecular weight excluding hydrogens is 276 g/mol. The van der Waals surface area contributed by atoms with Crippen LogP contribution in [0.25, 0.3) is 11.3 Å². The lowest BCUT2D eigenvalue weighted by Gasteiger charge is -2.09. The van der Waals surface area contributed by atoms with Crippen molar-refractivity contribution in [1.82, 2.24) is 4.98 Å². The molecule has 2 rings (SSSR count). The Labute approximate surface area is 132 Å². The van der Waals surface area contributed by atoms with Gasteiger partial charge in [-0.15, -0.1) is 11.3 Å². The summed E-state index contributed by atoms with van der Waals surface area (Å²) in [5.74, 6) is 0. The van der Waals surface area contributed by atoms with Crippen LogP contribution in [-0.4, -0.2) is 11.0 Å². The van der Waals surface area contributed by atoms with Crippen LogP contribution < -0.4 is 5.73 Å². The molecule has 0 amide bonds. The van der Waals surface area contributed by atoms with Gasteiger partial charge in [0.25, 0.3) is 0 Å². The third-order valence-corrected chi connectivity index (χ3v) is 4.61. The van der Waals surface area contributed by atoms with E-state index in [0.29, 0.717) is 0 Å². The van der Waals surface area contributed by atoms with Gasteiger partial charge in [0.15, 0.2) is 0 Å². The summed E-state index contributed by atoms with van der Waals surface area (Å²) >= 11 is 1.73. The zero-order valence-electron chi connectivity index (χ0n) is 12.9. The van der Waals surface area contributed by atoms with E-state index in [1.54, 1.807) is 11.3 Å². The van der Waals surface area contributed by atoms with E-state index in [9.17, 15) is 0 Å². The summed E-state index contributed by atoms with van der Waals surface area (Å²) < 4.78 is 0. The van der Waals surface area contributed by atoms with Crippen LogP contribution >= 0.6 is 11.3 Å². The quantitative estimate of drug-likeness (QED) is 0.659. The fraction of sp³-hybridized carbons (Fsp3) is 0.500. The van der Waals surface area contributed by atoms with Gasteiger partial charge in [-0.05, 0) is 6.42 Å². The van der Waals surface area contributed by atoms with E-state index in [-0.39, 0.29) is 6.04 Å². The molecule has 1 aromatic heterocycles. The molecule has 0 fully saturated rings. The van der Waals surface area contributed by atoms with Gasteiger partial charge in [-0.25, -0.2) is 4.98 Å². The maximum Gasteiger partial charge on any atom is 0.0948 e. The lowest BCUT2D eigenvalue weighted by atomic mass is 10.1. The van der Waals surface area contributed by atoms with Crippen LogP contribution in [0.2, 0.25) is 0 Å². The number of rotatable bonds is 9. The molecule has 0 saturated heterocycles. The van der Waals surface area contributed by atoms with Gasteiger partial charge in [-0.3, -0.25) is 0 Å². The standard InChI is InChI=1S/C18H26N2S/c1-2-3-4-5-9-12-16(19)13-18-20-17(14-21-18)15-10-7-6-8-11-15/h6-8,10-11,14,16H,2-5,9,12-13,19H2,1H3. The molecule has 1 aromatic carbocycles. The summed E-state index contributed by atoms with van der Waals surface area (Å²) in [6.07, 6.45) is 8.58. The predicted octanol–water partition coefficient (Wildman–Crippen LogP) is 5.04. The molecule has 2 aromatic rings. The summed E-state index contributed by atoms with van der Waals surface area (Å²) in [5.41, 5.74) is 8.50. The molecular formula is C18H26N2S. The van der Waals surface area contributed by atoms with Crippen LogP contribution in [0, 0.1) is 0 Å². The molecule has 0 aliphatic heterocycles. The second-order valence-electron chi connectivity index (χ2n) is 5.66. The minimum Gasteiger partial charge on any atom is -0.327 e. The lowest BCUT2D eigenvalue weighted by Crippen LogP contribution is -2.22. The van der Waals surface area contributed by atoms with Gasteiger partial charge in [-0.1, -0.05) is 69.4 Å². The molecule has 0 radical (unpaired) electrons. The number of hydrogen-bond donors (Lipinski definition) is 1. The topological polar surface area (TPSA) is 38.9 Å². The first kappa shape index (κ1) is 16.2. The second kappa shape index (κ2) is 8.96. The Morgan fingerprint density at radius 2 is 1.86 bits per heavy atom. The third kappa shape index (κ3) is 5.60. The second-order valence-corrected chi connectivity index (χ2v) is 6.60. The SMILES string of the molecule is CCCCCCCC(N)Cc1nc(-c2ccccc2)cs1. The zero-order chi connectivity index (χ0) is 14.9. The van der Waals surface area contributed by atoms with Gasteiger partial charge < -0.3 is 5.73 Å². The molecule has 1 heterocycles. The van der Waals surface area contributed by atoms with Crippen molar-refractivity contribution in [3.63, 3.8) is 0 Å². The van der Waals surface area contributed by atoms with Crippen molar-refractivity contribution in [3.05, 3.63) is 40.7 Å². The Kier molecular flexibility index (Phi) is 6.90. The zero-order valence-corrected chi connectivity index (χ0v) is 13.7. The molecule has 0 spiro atoms. The third-order valence-electron chi connectivity index (χ3n) is 3.74. The van der Waals surface area contributed by atoms with E-state index in [1.165, 1.54) is 37.7 Å². The largest absolute Gasteiger partial charge is 0.327 e. The van der Waals surface area contributed by atoms with Crippen molar-refractivity contribution >= 4 is 11.3 Å². The van der Waals surface area contributed by atoms with E-state index in [0.717, 1.165) is 23.5 Å². The highest BCUT2D eigenvalue weighted by Gasteiger charge is 2.09. The molecule has 0 bridgehead atoms. The summed E-state index contributed by atoms with van der Waals surface area (Å²) in [6.45, 7) is 2.25. The Hall–Kier alpha value is -1.19. The van der Waals surface area contributed by atoms with Crippen LogP contribution in [0.3, 0.4) is 0 Å². The van der Waals surface area contributed by atoms with Crippen molar-refractivity contribution in [2.24, 2.45) is 5.73 Å². The smallest absolute Gasteiger partial charge is 0.0948 e. The van der Waals surface area contributed by atoms with Gasteiger partial charge >= 0.3 is 0 Å². The van der Waals surface area contributed by atoms with Crippen LogP contribution in [-0.2, 0) is 6.42 Å². The maximum atomic E-state index is 6.24.